The quantitative estimate of drug-likeness (QED) is 0.403. The smallest absolute Gasteiger partial charge is 0.267 e. The Kier molecular flexibility index (Phi) is 5.07. The fraction of sp³-hybridized carbons (Fsp3) is 0. The summed E-state index contributed by atoms with van der Waals surface area (Å²) >= 11 is 1.58. The summed E-state index contributed by atoms with van der Waals surface area (Å²) in [7, 11) is 0. The van der Waals surface area contributed by atoms with Crippen LogP contribution in [0, 0.1) is 5.82 Å². The fourth-order valence-corrected chi connectivity index (χ4v) is 3.36. The van der Waals surface area contributed by atoms with E-state index in [1.54, 1.807) is 22.2 Å². The van der Waals surface area contributed by atoms with Crippen molar-refractivity contribution in [2.45, 2.75) is 0 Å². The molecule has 0 atom stereocenters. The van der Waals surface area contributed by atoms with Gasteiger partial charge in [-0.3, -0.25) is 4.79 Å². The lowest BCUT2D eigenvalue weighted by Crippen LogP contribution is -2.17. The number of aromatic nitrogens is 2. The van der Waals surface area contributed by atoms with E-state index < -0.39 is 11.7 Å². The summed E-state index contributed by atoms with van der Waals surface area (Å²) in [6.07, 6.45) is 3.42. The van der Waals surface area contributed by atoms with Crippen LogP contribution in [-0.2, 0) is 0 Å². The molecule has 4 rings (SSSR count). The molecule has 0 bridgehead atoms. The number of nitrogens with zero attached hydrogens (tertiary/aromatic N) is 3. The molecular weight excluding hydrogens is 375 g/mol. The molecule has 138 valence electrons. The van der Waals surface area contributed by atoms with E-state index in [4.69, 9.17) is 0 Å². The summed E-state index contributed by atoms with van der Waals surface area (Å²) in [5, 5.41) is 10.7. The van der Waals surface area contributed by atoms with E-state index >= 15 is 0 Å². The highest BCUT2D eigenvalue weighted by molar-refractivity contribution is 7.13. The highest BCUT2D eigenvalue weighted by atomic mass is 32.1. The predicted octanol–water partition coefficient (Wildman–Crippen LogP) is 4.50. The Morgan fingerprint density at radius 3 is 2.57 bits per heavy atom. The van der Waals surface area contributed by atoms with Gasteiger partial charge < -0.3 is 0 Å². The number of nitrogens with one attached hydrogen (secondary N) is 1. The predicted molar refractivity (Wildman–Crippen MR) is 108 cm³/mol. The van der Waals surface area contributed by atoms with Gasteiger partial charge in [0.1, 0.15) is 11.5 Å². The largest absolute Gasteiger partial charge is 0.271 e. The van der Waals surface area contributed by atoms with Crippen LogP contribution < -0.4 is 5.43 Å². The topological polar surface area (TPSA) is 59.3 Å². The van der Waals surface area contributed by atoms with Crippen molar-refractivity contribution in [2.75, 3.05) is 0 Å². The van der Waals surface area contributed by atoms with E-state index in [-0.39, 0.29) is 0 Å². The molecule has 4 aromatic rings. The second kappa shape index (κ2) is 7.98. The molecule has 0 saturated carbocycles. The number of carbonyl (C=O) groups is 1. The van der Waals surface area contributed by atoms with Crippen LogP contribution in [0.4, 0.5) is 4.39 Å². The van der Waals surface area contributed by atoms with Crippen molar-refractivity contribution in [3.63, 3.8) is 0 Å². The number of amides is 1. The summed E-state index contributed by atoms with van der Waals surface area (Å²) < 4.78 is 14.8. The Morgan fingerprint density at radius 1 is 1.07 bits per heavy atom. The van der Waals surface area contributed by atoms with Crippen molar-refractivity contribution in [3.05, 3.63) is 95.3 Å². The monoisotopic (exact) mass is 390 g/mol. The van der Waals surface area contributed by atoms with E-state index in [2.05, 4.69) is 15.6 Å². The van der Waals surface area contributed by atoms with Crippen molar-refractivity contribution >= 4 is 23.5 Å². The molecule has 2 aromatic carbocycles. The lowest BCUT2D eigenvalue weighted by molar-refractivity contribution is 0.0955. The zero-order valence-corrected chi connectivity index (χ0v) is 15.4. The van der Waals surface area contributed by atoms with Gasteiger partial charge >= 0.3 is 0 Å². The zero-order chi connectivity index (χ0) is 19.3. The molecule has 0 aliphatic heterocycles. The Hall–Kier alpha value is -3.58. The first-order valence-corrected chi connectivity index (χ1v) is 9.36. The van der Waals surface area contributed by atoms with Crippen molar-refractivity contribution in [1.82, 2.24) is 15.2 Å². The molecule has 0 aliphatic carbocycles. The van der Waals surface area contributed by atoms with Crippen molar-refractivity contribution in [3.8, 4) is 16.3 Å². The van der Waals surface area contributed by atoms with Crippen molar-refractivity contribution in [2.24, 2.45) is 5.10 Å². The highest BCUT2D eigenvalue weighted by Gasteiger charge is 2.12. The van der Waals surface area contributed by atoms with Gasteiger partial charge in [-0.2, -0.15) is 10.2 Å². The molecule has 2 heterocycles. The van der Waals surface area contributed by atoms with Crippen LogP contribution in [0.3, 0.4) is 0 Å². The van der Waals surface area contributed by atoms with Crippen LogP contribution in [-0.4, -0.2) is 21.9 Å². The number of para-hydroxylation sites is 1. The first kappa shape index (κ1) is 17.8. The molecule has 0 unspecified atom stereocenters. The van der Waals surface area contributed by atoms with Gasteiger partial charge in [0.05, 0.1) is 16.8 Å². The normalized spacial score (nSPS) is 11.0. The molecule has 0 fully saturated rings. The maximum atomic E-state index is 13.0. The van der Waals surface area contributed by atoms with Crippen LogP contribution >= 0.6 is 11.3 Å². The minimum absolute atomic E-state index is 0.331. The van der Waals surface area contributed by atoms with Crippen LogP contribution in [0.25, 0.3) is 16.3 Å². The molecule has 0 aliphatic rings. The number of rotatable bonds is 5. The van der Waals surface area contributed by atoms with Crippen molar-refractivity contribution < 1.29 is 9.18 Å². The standard InChI is InChI=1S/C21H15FN4OS/c22-17-10-8-15(9-11-17)21(27)24-23-13-16-14-26(18-5-2-1-3-6-18)25-20(16)19-7-4-12-28-19/h1-14H,(H,24,27)/b23-13+. The van der Waals surface area contributed by atoms with Gasteiger partial charge in [-0.25, -0.2) is 14.5 Å². The number of halogens is 1. The number of benzene rings is 2. The van der Waals surface area contributed by atoms with E-state index in [1.807, 2.05) is 54.0 Å². The first-order chi connectivity index (χ1) is 13.7. The third-order valence-corrected chi connectivity index (χ3v) is 4.87. The molecule has 7 heteroatoms. The van der Waals surface area contributed by atoms with Gasteiger partial charge in [-0.15, -0.1) is 11.3 Å². The summed E-state index contributed by atoms with van der Waals surface area (Å²) in [6, 6.07) is 19.0. The molecule has 1 N–H and O–H groups in total. The Labute approximate surface area is 164 Å². The number of carbonyl (C=O) groups excluding carboxylic acids is 1. The number of hydrogen-bond donors (Lipinski definition) is 1. The van der Waals surface area contributed by atoms with Gasteiger partial charge in [-0.1, -0.05) is 24.3 Å². The molecule has 28 heavy (non-hydrogen) atoms. The van der Waals surface area contributed by atoms with E-state index in [0.29, 0.717) is 5.56 Å². The van der Waals surface area contributed by atoms with Gasteiger partial charge in [0.2, 0.25) is 0 Å². The first-order valence-electron chi connectivity index (χ1n) is 8.48. The van der Waals surface area contributed by atoms with E-state index in [1.165, 1.54) is 24.3 Å². The molecule has 0 radical (unpaired) electrons. The highest BCUT2D eigenvalue weighted by Crippen LogP contribution is 2.26. The average Bonchev–Trinajstić information content (AvgIpc) is 3.39. The average molecular weight is 390 g/mol. The molecule has 1 amide bonds. The number of hydrogen-bond acceptors (Lipinski definition) is 4. The minimum Gasteiger partial charge on any atom is -0.267 e. The Balaban J connectivity index is 1.59. The van der Waals surface area contributed by atoms with Gasteiger partial charge in [-0.05, 0) is 47.8 Å². The van der Waals surface area contributed by atoms with Gasteiger partial charge in [0, 0.05) is 17.3 Å². The summed E-state index contributed by atoms with van der Waals surface area (Å²) in [5.74, 6) is -0.807. The second-order valence-electron chi connectivity index (χ2n) is 5.90. The Bertz CT molecular complexity index is 1100. The molecule has 0 spiro atoms. The maximum absolute atomic E-state index is 13.0. The number of hydrazone groups is 1. The Morgan fingerprint density at radius 2 is 1.86 bits per heavy atom. The SMILES string of the molecule is O=C(N/N=C/c1cn(-c2ccccc2)nc1-c1cccs1)c1ccc(F)cc1. The molecule has 5 nitrogen and oxygen atoms in total. The molecular formula is C21H15FN4OS. The molecule has 2 aromatic heterocycles. The van der Waals surface area contributed by atoms with Crippen LogP contribution in [0.5, 0.6) is 0 Å². The minimum atomic E-state index is -0.413. The third-order valence-electron chi connectivity index (χ3n) is 3.99. The van der Waals surface area contributed by atoms with Gasteiger partial charge in [0.25, 0.3) is 5.91 Å². The summed E-state index contributed by atoms with van der Waals surface area (Å²) in [5.41, 5.74) is 5.27. The lowest BCUT2D eigenvalue weighted by atomic mass is 10.2. The molecule has 0 saturated heterocycles. The maximum Gasteiger partial charge on any atom is 0.271 e. The van der Waals surface area contributed by atoms with Crippen LogP contribution in [0.1, 0.15) is 15.9 Å². The number of thiophene rings is 1. The van der Waals surface area contributed by atoms with E-state index in [0.717, 1.165) is 21.8 Å². The van der Waals surface area contributed by atoms with Crippen LogP contribution in [0.2, 0.25) is 0 Å². The van der Waals surface area contributed by atoms with Crippen LogP contribution in [0.15, 0.2) is 83.4 Å². The summed E-state index contributed by atoms with van der Waals surface area (Å²) in [4.78, 5) is 13.1. The lowest BCUT2D eigenvalue weighted by Gasteiger charge is -1.99. The van der Waals surface area contributed by atoms with Gasteiger partial charge in [0.15, 0.2) is 0 Å². The zero-order valence-electron chi connectivity index (χ0n) is 14.6. The summed E-state index contributed by atoms with van der Waals surface area (Å²) in [6.45, 7) is 0. The second-order valence-corrected chi connectivity index (χ2v) is 6.84. The fourth-order valence-electron chi connectivity index (χ4n) is 2.63. The van der Waals surface area contributed by atoms with E-state index in [9.17, 15) is 9.18 Å². The third kappa shape index (κ3) is 3.89. The van der Waals surface area contributed by atoms with Crippen molar-refractivity contribution in [1.29, 1.82) is 0 Å².